The number of aromatic nitrogens is 3. The van der Waals surface area contributed by atoms with E-state index < -0.39 is 0 Å². The fourth-order valence-corrected chi connectivity index (χ4v) is 7.14. The maximum Gasteiger partial charge on any atom is 0.164 e. The van der Waals surface area contributed by atoms with Crippen LogP contribution in [0.25, 0.3) is 99.5 Å². The molecular formula is C45H27N3O. The lowest BCUT2D eigenvalue weighted by atomic mass is 9.93. The highest BCUT2D eigenvalue weighted by atomic mass is 16.3. The number of para-hydroxylation sites is 1. The van der Waals surface area contributed by atoms with Crippen LogP contribution in [0.4, 0.5) is 0 Å². The van der Waals surface area contributed by atoms with E-state index in [1.807, 2.05) is 78.9 Å². The summed E-state index contributed by atoms with van der Waals surface area (Å²) < 4.78 is 6.52. The molecular weight excluding hydrogens is 599 g/mol. The summed E-state index contributed by atoms with van der Waals surface area (Å²) in [6.07, 6.45) is 0. The number of benzene rings is 8. The van der Waals surface area contributed by atoms with Crippen LogP contribution in [0.3, 0.4) is 0 Å². The van der Waals surface area contributed by atoms with Crippen LogP contribution in [0.2, 0.25) is 0 Å². The molecule has 0 radical (unpaired) electrons. The van der Waals surface area contributed by atoms with Crippen molar-refractivity contribution in [2.24, 2.45) is 0 Å². The second kappa shape index (κ2) is 11.0. The molecule has 0 aliphatic heterocycles. The van der Waals surface area contributed by atoms with Crippen LogP contribution >= 0.6 is 0 Å². The van der Waals surface area contributed by atoms with Gasteiger partial charge >= 0.3 is 0 Å². The Balaban J connectivity index is 1.21. The SMILES string of the molecule is c1ccc(-c2nc(-c3ccccc3)nc(-c3cc(-c4ccc5c(ccc6c7ccccc7ccc56)c4)cc4oc5ccccc5c34)n2)cc1. The second-order valence-corrected chi connectivity index (χ2v) is 12.4. The Bertz CT molecular complexity index is 2820. The highest BCUT2D eigenvalue weighted by molar-refractivity contribution is 6.18. The molecule has 0 amide bonds. The summed E-state index contributed by atoms with van der Waals surface area (Å²) >= 11 is 0. The molecule has 0 spiro atoms. The molecule has 10 aromatic rings. The normalized spacial score (nSPS) is 11.7. The van der Waals surface area contributed by atoms with E-state index in [0.29, 0.717) is 17.5 Å². The lowest BCUT2D eigenvalue weighted by molar-refractivity contribution is 0.669. The monoisotopic (exact) mass is 625 g/mol. The first-order valence-corrected chi connectivity index (χ1v) is 16.4. The Labute approximate surface area is 282 Å². The zero-order chi connectivity index (χ0) is 32.3. The molecule has 0 fully saturated rings. The maximum absolute atomic E-state index is 6.52. The summed E-state index contributed by atoms with van der Waals surface area (Å²) in [5, 5.41) is 9.47. The van der Waals surface area contributed by atoms with Gasteiger partial charge in [0.25, 0.3) is 0 Å². The summed E-state index contributed by atoms with van der Waals surface area (Å²) in [6, 6.07) is 57.0. The molecule has 0 aliphatic carbocycles. The fraction of sp³-hybridized carbons (Fsp3) is 0. The van der Waals surface area contributed by atoms with Crippen molar-refractivity contribution in [3.8, 4) is 45.3 Å². The van der Waals surface area contributed by atoms with Crippen molar-refractivity contribution in [3.63, 3.8) is 0 Å². The summed E-state index contributed by atoms with van der Waals surface area (Å²) in [4.78, 5) is 15.2. The van der Waals surface area contributed by atoms with Crippen molar-refractivity contribution < 1.29 is 4.42 Å². The van der Waals surface area contributed by atoms with Gasteiger partial charge in [-0.2, -0.15) is 0 Å². The summed E-state index contributed by atoms with van der Waals surface area (Å²) in [6.45, 7) is 0. The molecule has 0 atom stereocenters. The molecule has 2 aromatic heterocycles. The van der Waals surface area contributed by atoms with Gasteiger partial charge in [0.1, 0.15) is 11.2 Å². The minimum absolute atomic E-state index is 0.602. The Morgan fingerprint density at radius 3 is 1.63 bits per heavy atom. The Kier molecular flexibility index (Phi) is 6.15. The summed E-state index contributed by atoms with van der Waals surface area (Å²) in [7, 11) is 0. The van der Waals surface area contributed by atoms with Gasteiger partial charge in [-0.1, -0.05) is 140 Å². The first-order chi connectivity index (χ1) is 24.3. The molecule has 2 heterocycles. The highest BCUT2D eigenvalue weighted by Crippen LogP contribution is 2.41. The van der Waals surface area contributed by atoms with Gasteiger partial charge in [0, 0.05) is 27.5 Å². The molecule has 0 aliphatic rings. The van der Waals surface area contributed by atoms with Crippen LogP contribution in [0.5, 0.6) is 0 Å². The molecule has 8 aromatic carbocycles. The Hall–Kier alpha value is -6.65. The third kappa shape index (κ3) is 4.57. The molecule has 4 nitrogen and oxygen atoms in total. The van der Waals surface area contributed by atoms with Crippen LogP contribution < -0.4 is 0 Å². The number of hydrogen-bond acceptors (Lipinski definition) is 4. The Morgan fingerprint density at radius 1 is 0.327 bits per heavy atom. The van der Waals surface area contributed by atoms with Crippen LogP contribution in [0, 0.1) is 0 Å². The van der Waals surface area contributed by atoms with Gasteiger partial charge < -0.3 is 4.42 Å². The molecule has 0 saturated carbocycles. The largest absolute Gasteiger partial charge is 0.456 e. The number of rotatable bonds is 4. The Morgan fingerprint density at radius 2 is 0.898 bits per heavy atom. The fourth-order valence-electron chi connectivity index (χ4n) is 7.14. The average molecular weight is 626 g/mol. The first-order valence-electron chi connectivity index (χ1n) is 16.4. The third-order valence-electron chi connectivity index (χ3n) is 9.49. The zero-order valence-corrected chi connectivity index (χ0v) is 26.3. The topological polar surface area (TPSA) is 51.8 Å². The van der Waals surface area contributed by atoms with E-state index in [-0.39, 0.29) is 0 Å². The number of furan rings is 1. The van der Waals surface area contributed by atoms with E-state index in [0.717, 1.165) is 49.8 Å². The minimum Gasteiger partial charge on any atom is -0.456 e. The van der Waals surface area contributed by atoms with E-state index >= 15 is 0 Å². The molecule has 0 unspecified atom stereocenters. The van der Waals surface area contributed by atoms with Crippen LogP contribution in [-0.4, -0.2) is 15.0 Å². The molecule has 228 valence electrons. The van der Waals surface area contributed by atoms with Gasteiger partial charge in [0.05, 0.1) is 0 Å². The molecule has 0 bridgehead atoms. The van der Waals surface area contributed by atoms with Gasteiger partial charge in [0.15, 0.2) is 17.5 Å². The van der Waals surface area contributed by atoms with Crippen molar-refractivity contribution in [1.29, 1.82) is 0 Å². The third-order valence-corrected chi connectivity index (χ3v) is 9.49. The van der Waals surface area contributed by atoms with E-state index in [9.17, 15) is 0 Å². The molecule has 0 N–H and O–H groups in total. The van der Waals surface area contributed by atoms with Gasteiger partial charge in [0.2, 0.25) is 0 Å². The predicted molar refractivity (Wildman–Crippen MR) is 201 cm³/mol. The van der Waals surface area contributed by atoms with E-state index in [4.69, 9.17) is 19.4 Å². The standard InChI is InChI=1S/C45H27N3O/c1-3-12-29(13-4-1)43-46-44(30-14-5-2-6-15-30)48-45(47-43)39-26-33(27-41-42(39)38-17-9-10-18-40(38)49-41)31-20-22-35-32(25-31)21-24-36-34-16-8-7-11-28(34)19-23-37(35)36/h1-27H. The minimum atomic E-state index is 0.602. The van der Waals surface area contributed by atoms with Crippen molar-refractivity contribution >= 4 is 54.3 Å². The van der Waals surface area contributed by atoms with Crippen LogP contribution in [0.1, 0.15) is 0 Å². The van der Waals surface area contributed by atoms with Crippen LogP contribution in [-0.2, 0) is 0 Å². The number of nitrogens with zero attached hydrogens (tertiary/aromatic N) is 3. The highest BCUT2D eigenvalue weighted by Gasteiger charge is 2.20. The average Bonchev–Trinajstić information content (AvgIpc) is 3.56. The molecule has 0 saturated heterocycles. The van der Waals surface area contributed by atoms with Crippen molar-refractivity contribution in [2.75, 3.05) is 0 Å². The van der Waals surface area contributed by atoms with Crippen molar-refractivity contribution in [3.05, 3.63) is 164 Å². The maximum atomic E-state index is 6.52. The smallest absolute Gasteiger partial charge is 0.164 e. The van der Waals surface area contributed by atoms with E-state index in [1.54, 1.807) is 0 Å². The van der Waals surface area contributed by atoms with Gasteiger partial charge in [-0.3, -0.25) is 0 Å². The van der Waals surface area contributed by atoms with E-state index in [1.165, 1.54) is 32.3 Å². The first kappa shape index (κ1) is 27.5. The van der Waals surface area contributed by atoms with Gasteiger partial charge in [-0.05, 0) is 67.7 Å². The van der Waals surface area contributed by atoms with Crippen molar-refractivity contribution in [1.82, 2.24) is 15.0 Å². The van der Waals surface area contributed by atoms with Crippen LogP contribution in [0.15, 0.2) is 168 Å². The molecule has 4 heteroatoms. The predicted octanol–water partition coefficient (Wildman–Crippen LogP) is 11.9. The van der Waals surface area contributed by atoms with Gasteiger partial charge in [-0.15, -0.1) is 0 Å². The lowest BCUT2D eigenvalue weighted by Crippen LogP contribution is -2.00. The number of hydrogen-bond donors (Lipinski definition) is 0. The zero-order valence-electron chi connectivity index (χ0n) is 26.3. The molecule has 10 rings (SSSR count). The molecule has 49 heavy (non-hydrogen) atoms. The lowest BCUT2D eigenvalue weighted by Gasteiger charge is -2.12. The second-order valence-electron chi connectivity index (χ2n) is 12.4. The number of fused-ring (bicyclic) bond motifs is 8. The van der Waals surface area contributed by atoms with Gasteiger partial charge in [-0.25, -0.2) is 15.0 Å². The quantitative estimate of drug-likeness (QED) is 0.183. The van der Waals surface area contributed by atoms with E-state index in [2.05, 4.69) is 84.9 Å². The van der Waals surface area contributed by atoms with Crippen molar-refractivity contribution in [2.45, 2.75) is 0 Å². The summed E-state index contributed by atoms with van der Waals surface area (Å²) in [5.41, 5.74) is 6.52. The summed E-state index contributed by atoms with van der Waals surface area (Å²) in [5.74, 6) is 1.85.